The van der Waals surface area contributed by atoms with Crippen molar-refractivity contribution in [3.63, 3.8) is 0 Å². The standard InChI is InChI=1S/C46H86O5/c1-3-5-7-9-11-13-15-17-19-21-22-23-24-25-27-28-30-32-34-36-38-40-45(48)50-43-44(42-47)51-46(49)41-39-37-35-33-31-29-26-20-18-16-14-12-10-8-6-4-2/h14,16,20,26,44,47H,3-13,15,17-19,21-25,27-43H2,1-2H3/b16-14-,26-20-. The van der Waals surface area contributed by atoms with Gasteiger partial charge in [-0.25, -0.2) is 0 Å². The molecule has 5 nitrogen and oxygen atoms in total. The van der Waals surface area contributed by atoms with Gasteiger partial charge >= 0.3 is 11.9 Å². The van der Waals surface area contributed by atoms with Crippen LogP contribution in [0.15, 0.2) is 24.3 Å². The molecule has 0 saturated heterocycles. The molecule has 5 heteroatoms. The van der Waals surface area contributed by atoms with Gasteiger partial charge in [0, 0.05) is 12.8 Å². The minimum absolute atomic E-state index is 0.0669. The first kappa shape index (κ1) is 49.4. The molecule has 0 radical (unpaired) electrons. The topological polar surface area (TPSA) is 72.8 Å². The van der Waals surface area contributed by atoms with E-state index in [1.54, 1.807) is 0 Å². The van der Waals surface area contributed by atoms with Gasteiger partial charge in [-0.3, -0.25) is 9.59 Å². The molecule has 0 aliphatic heterocycles. The molecule has 0 fully saturated rings. The third kappa shape index (κ3) is 41.0. The highest BCUT2D eigenvalue weighted by Crippen LogP contribution is 2.16. The summed E-state index contributed by atoms with van der Waals surface area (Å²) in [4.78, 5) is 24.3. The summed E-state index contributed by atoms with van der Waals surface area (Å²) in [5.41, 5.74) is 0. The number of allylic oxidation sites excluding steroid dienone is 4. The number of esters is 2. The van der Waals surface area contributed by atoms with Crippen LogP contribution in [0.25, 0.3) is 0 Å². The second kappa shape index (κ2) is 42.8. The first-order valence-corrected chi connectivity index (χ1v) is 22.4. The fraction of sp³-hybridized carbons (Fsp3) is 0.870. The highest BCUT2D eigenvalue weighted by Gasteiger charge is 2.16. The number of unbranched alkanes of at least 4 members (excludes halogenated alkanes) is 29. The van der Waals surface area contributed by atoms with Crippen molar-refractivity contribution in [1.82, 2.24) is 0 Å². The molecule has 51 heavy (non-hydrogen) atoms. The van der Waals surface area contributed by atoms with Crippen LogP contribution in [-0.4, -0.2) is 36.4 Å². The van der Waals surface area contributed by atoms with Crippen LogP contribution in [0.1, 0.15) is 239 Å². The van der Waals surface area contributed by atoms with Gasteiger partial charge < -0.3 is 14.6 Å². The lowest BCUT2D eigenvalue weighted by atomic mass is 10.0. The summed E-state index contributed by atoms with van der Waals surface area (Å²) < 4.78 is 10.6. The zero-order chi connectivity index (χ0) is 37.1. The number of aliphatic hydroxyl groups excluding tert-OH is 1. The van der Waals surface area contributed by atoms with E-state index in [0.717, 1.165) is 51.4 Å². The lowest BCUT2D eigenvalue weighted by Crippen LogP contribution is -2.28. The molecule has 1 N–H and O–H groups in total. The summed E-state index contributed by atoms with van der Waals surface area (Å²) in [6.07, 6.45) is 51.1. The zero-order valence-corrected chi connectivity index (χ0v) is 34.1. The molecule has 0 heterocycles. The quantitative estimate of drug-likeness (QED) is 0.0387. The largest absolute Gasteiger partial charge is 0.462 e. The Morgan fingerprint density at radius 2 is 0.784 bits per heavy atom. The lowest BCUT2D eigenvalue weighted by molar-refractivity contribution is -0.161. The molecule has 0 aliphatic rings. The Hall–Kier alpha value is -1.62. The molecule has 0 spiro atoms. The summed E-state index contributed by atoms with van der Waals surface area (Å²) in [6.45, 7) is 4.14. The Labute approximate surface area is 317 Å². The van der Waals surface area contributed by atoms with Crippen molar-refractivity contribution in [1.29, 1.82) is 0 Å². The number of carbonyl (C=O) groups is 2. The Morgan fingerprint density at radius 1 is 0.451 bits per heavy atom. The Morgan fingerprint density at radius 3 is 1.18 bits per heavy atom. The van der Waals surface area contributed by atoms with Crippen LogP contribution in [-0.2, 0) is 19.1 Å². The SMILES string of the molecule is CCCCCC/C=C\C/C=C\CCCCCCCC(=O)OC(CO)COC(=O)CCCCCCCCCCCCCCCCCCCCCCC. The van der Waals surface area contributed by atoms with Gasteiger partial charge in [-0.2, -0.15) is 0 Å². The number of hydrogen-bond acceptors (Lipinski definition) is 5. The van der Waals surface area contributed by atoms with E-state index in [-0.39, 0.29) is 25.2 Å². The van der Waals surface area contributed by atoms with E-state index in [9.17, 15) is 14.7 Å². The highest BCUT2D eigenvalue weighted by atomic mass is 16.6. The molecule has 0 aliphatic carbocycles. The van der Waals surface area contributed by atoms with Crippen LogP contribution >= 0.6 is 0 Å². The van der Waals surface area contributed by atoms with Gasteiger partial charge in [0.05, 0.1) is 6.61 Å². The summed E-state index contributed by atoms with van der Waals surface area (Å²) in [5.74, 6) is -0.595. The van der Waals surface area contributed by atoms with E-state index < -0.39 is 6.10 Å². The molecule has 0 rings (SSSR count). The Bertz CT molecular complexity index is 776. The van der Waals surface area contributed by atoms with Gasteiger partial charge in [-0.05, 0) is 44.9 Å². The lowest BCUT2D eigenvalue weighted by Gasteiger charge is -2.15. The third-order valence-electron chi connectivity index (χ3n) is 10.00. The van der Waals surface area contributed by atoms with Crippen LogP contribution in [0.5, 0.6) is 0 Å². The van der Waals surface area contributed by atoms with Crippen molar-refractivity contribution >= 4 is 11.9 Å². The molecule has 0 saturated carbocycles. The Balaban J connectivity index is 3.50. The van der Waals surface area contributed by atoms with Gasteiger partial charge in [-0.15, -0.1) is 0 Å². The van der Waals surface area contributed by atoms with Crippen LogP contribution < -0.4 is 0 Å². The summed E-state index contributed by atoms with van der Waals surface area (Å²) >= 11 is 0. The normalized spacial score (nSPS) is 12.3. The molecular formula is C46H86O5. The van der Waals surface area contributed by atoms with Crippen LogP contribution in [0, 0.1) is 0 Å². The van der Waals surface area contributed by atoms with Gasteiger partial charge in [0.15, 0.2) is 6.10 Å². The molecule has 0 amide bonds. The van der Waals surface area contributed by atoms with Crippen molar-refractivity contribution < 1.29 is 24.2 Å². The van der Waals surface area contributed by atoms with Crippen molar-refractivity contribution in [2.45, 2.75) is 245 Å². The van der Waals surface area contributed by atoms with E-state index >= 15 is 0 Å². The first-order valence-electron chi connectivity index (χ1n) is 22.4. The van der Waals surface area contributed by atoms with Gasteiger partial charge in [0.25, 0.3) is 0 Å². The molecule has 0 aromatic heterocycles. The summed E-state index contributed by atoms with van der Waals surface area (Å²) in [5, 5.41) is 9.58. The maximum absolute atomic E-state index is 12.2. The van der Waals surface area contributed by atoms with Crippen molar-refractivity contribution in [3.8, 4) is 0 Å². The second-order valence-electron chi connectivity index (χ2n) is 15.1. The molecular weight excluding hydrogens is 633 g/mol. The van der Waals surface area contributed by atoms with E-state index in [1.807, 2.05) is 0 Å². The molecule has 1 atom stereocenters. The highest BCUT2D eigenvalue weighted by molar-refractivity contribution is 5.70. The molecule has 0 aromatic rings. The molecule has 300 valence electrons. The summed E-state index contributed by atoms with van der Waals surface area (Å²) in [7, 11) is 0. The van der Waals surface area contributed by atoms with E-state index in [0.29, 0.717) is 12.8 Å². The fourth-order valence-corrected chi connectivity index (χ4v) is 6.59. The van der Waals surface area contributed by atoms with Gasteiger partial charge in [0.1, 0.15) is 6.61 Å². The predicted octanol–water partition coefficient (Wildman–Crippen LogP) is 14.2. The monoisotopic (exact) mass is 719 g/mol. The fourth-order valence-electron chi connectivity index (χ4n) is 6.59. The van der Waals surface area contributed by atoms with Crippen LogP contribution in [0.2, 0.25) is 0 Å². The van der Waals surface area contributed by atoms with Crippen LogP contribution in [0.3, 0.4) is 0 Å². The smallest absolute Gasteiger partial charge is 0.306 e. The van der Waals surface area contributed by atoms with Crippen molar-refractivity contribution in [2.24, 2.45) is 0 Å². The number of ether oxygens (including phenoxy) is 2. The van der Waals surface area contributed by atoms with Crippen molar-refractivity contribution in [2.75, 3.05) is 13.2 Å². The Kier molecular flexibility index (Phi) is 41.4. The van der Waals surface area contributed by atoms with E-state index in [1.165, 1.54) is 161 Å². The van der Waals surface area contributed by atoms with Gasteiger partial charge in [0.2, 0.25) is 0 Å². The van der Waals surface area contributed by atoms with Crippen molar-refractivity contribution in [3.05, 3.63) is 24.3 Å². The molecule has 0 bridgehead atoms. The zero-order valence-electron chi connectivity index (χ0n) is 34.1. The average molecular weight is 719 g/mol. The maximum Gasteiger partial charge on any atom is 0.306 e. The van der Waals surface area contributed by atoms with E-state index in [4.69, 9.17) is 9.47 Å². The minimum atomic E-state index is -0.774. The average Bonchev–Trinajstić information content (AvgIpc) is 3.13. The number of rotatable bonds is 41. The number of hydrogen-bond donors (Lipinski definition) is 1. The van der Waals surface area contributed by atoms with Gasteiger partial charge in [-0.1, -0.05) is 205 Å². The van der Waals surface area contributed by atoms with Crippen LogP contribution in [0.4, 0.5) is 0 Å². The first-order chi connectivity index (χ1) is 25.1. The third-order valence-corrected chi connectivity index (χ3v) is 10.00. The minimum Gasteiger partial charge on any atom is -0.462 e. The molecule has 0 aromatic carbocycles. The summed E-state index contributed by atoms with van der Waals surface area (Å²) in [6, 6.07) is 0. The number of aliphatic hydroxyl groups is 1. The second-order valence-corrected chi connectivity index (χ2v) is 15.1. The maximum atomic E-state index is 12.2. The predicted molar refractivity (Wildman–Crippen MR) is 219 cm³/mol. The molecule has 1 unspecified atom stereocenters. The van der Waals surface area contributed by atoms with E-state index in [2.05, 4.69) is 38.2 Å². The number of carbonyl (C=O) groups excluding carboxylic acids is 2.